The second kappa shape index (κ2) is 7.12. The zero-order valence-corrected chi connectivity index (χ0v) is 12.3. The molecule has 2 aromatic carbocycles. The third-order valence-corrected chi connectivity index (χ3v) is 2.86. The van der Waals surface area contributed by atoms with Gasteiger partial charge in [0, 0.05) is 23.5 Å². The number of rotatable bonds is 4. The summed E-state index contributed by atoms with van der Waals surface area (Å²) in [5.41, 5.74) is 0.954. The molecule has 6 nitrogen and oxygen atoms in total. The first kappa shape index (κ1) is 15.4. The fourth-order valence-corrected chi connectivity index (χ4v) is 1.78. The van der Waals surface area contributed by atoms with Crippen molar-refractivity contribution < 1.29 is 19.1 Å². The molecule has 2 N–H and O–H groups in total. The van der Waals surface area contributed by atoms with Crippen molar-refractivity contribution in [1.29, 1.82) is 0 Å². The smallest absolute Gasteiger partial charge is 0.314 e. The largest absolute Gasteiger partial charge is 0.497 e. The Balaban J connectivity index is 2.01. The van der Waals surface area contributed by atoms with Crippen LogP contribution in [-0.2, 0) is 9.59 Å². The molecule has 0 aliphatic rings. The van der Waals surface area contributed by atoms with E-state index in [0.717, 1.165) is 0 Å². The van der Waals surface area contributed by atoms with Crippen molar-refractivity contribution in [2.45, 2.75) is 0 Å². The minimum absolute atomic E-state index is 0.477. The van der Waals surface area contributed by atoms with Crippen LogP contribution in [0.3, 0.4) is 0 Å². The highest BCUT2D eigenvalue weighted by Gasteiger charge is 2.14. The van der Waals surface area contributed by atoms with Crippen molar-refractivity contribution in [3.05, 3.63) is 48.5 Å². The zero-order chi connectivity index (χ0) is 15.9. The first-order valence-electron chi connectivity index (χ1n) is 6.53. The van der Waals surface area contributed by atoms with E-state index in [-0.39, 0.29) is 0 Å². The molecule has 0 heterocycles. The Hall–Kier alpha value is -3.02. The van der Waals surface area contributed by atoms with Crippen molar-refractivity contribution in [1.82, 2.24) is 0 Å². The van der Waals surface area contributed by atoms with Gasteiger partial charge < -0.3 is 20.1 Å². The SMILES string of the molecule is COc1cccc(NC(=O)C(=O)Nc2cccc(OC)c2)c1. The molecular formula is C16H16N2O4. The molecule has 0 aliphatic carbocycles. The summed E-state index contributed by atoms with van der Waals surface area (Å²) in [6, 6.07) is 13.5. The van der Waals surface area contributed by atoms with Crippen molar-refractivity contribution in [3.63, 3.8) is 0 Å². The highest BCUT2D eigenvalue weighted by atomic mass is 16.5. The molecule has 2 rings (SSSR count). The summed E-state index contributed by atoms with van der Waals surface area (Å²) >= 11 is 0. The standard InChI is InChI=1S/C16H16N2O4/c1-21-13-7-3-5-11(9-13)17-15(19)16(20)18-12-6-4-8-14(10-12)22-2/h3-10H,1-2H3,(H,17,19)(H,18,20). The average Bonchev–Trinajstić information content (AvgIpc) is 2.55. The molecule has 0 saturated heterocycles. The van der Waals surface area contributed by atoms with Crippen LogP contribution in [0.4, 0.5) is 11.4 Å². The van der Waals surface area contributed by atoms with E-state index in [2.05, 4.69) is 10.6 Å². The maximum Gasteiger partial charge on any atom is 0.314 e. The van der Waals surface area contributed by atoms with Gasteiger partial charge in [-0.1, -0.05) is 12.1 Å². The fourth-order valence-electron chi connectivity index (χ4n) is 1.78. The number of benzene rings is 2. The van der Waals surface area contributed by atoms with Gasteiger partial charge in [0.25, 0.3) is 0 Å². The Morgan fingerprint density at radius 1 is 0.773 bits per heavy atom. The molecule has 0 unspecified atom stereocenters. The van der Waals surface area contributed by atoms with Crippen LogP contribution >= 0.6 is 0 Å². The Kier molecular flexibility index (Phi) is 4.98. The van der Waals surface area contributed by atoms with Crippen LogP contribution in [0.2, 0.25) is 0 Å². The van der Waals surface area contributed by atoms with Crippen LogP contribution in [0.25, 0.3) is 0 Å². The van der Waals surface area contributed by atoms with Crippen molar-refractivity contribution in [2.75, 3.05) is 24.9 Å². The molecule has 0 saturated carbocycles. The Morgan fingerprint density at radius 2 is 1.18 bits per heavy atom. The summed E-state index contributed by atoms with van der Waals surface area (Å²) in [5.74, 6) is -0.357. The molecule has 114 valence electrons. The zero-order valence-electron chi connectivity index (χ0n) is 12.3. The Morgan fingerprint density at radius 3 is 1.55 bits per heavy atom. The monoisotopic (exact) mass is 300 g/mol. The number of methoxy groups -OCH3 is 2. The first-order valence-corrected chi connectivity index (χ1v) is 6.53. The molecule has 0 aliphatic heterocycles. The highest BCUT2D eigenvalue weighted by molar-refractivity contribution is 6.43. The van der Waals surface area contributed by atoms with Gasteiger partial charge in [0.05, 0.1) is 14.2 Å². The second-order valence-electron chi connectivity index (χ2n) is 4.37. The van der Waals surface area contributed by atoms with E-state index in [0.29, 0.717) is 22.9 Å². The van der Waals surface area contributed by atoms with Gasteiger partial charge in [-0.15, -0.1) is 0 Å². The van der Waals surface area contributed by atoms with Crippen LogP contribution in [-0.4, -0.2) is 26.0 Å². The van der Waals surface area contributed by atoms with E-state index in [1.165, 1.54) is 14.2 Å². The van der Waals surface area contributed by atoms with Crippen molar-refractivity contribution in [3.8, 4) is 11.5 Å². The van der Waals surface area contributed by atoms with E-state index in [9.17, 15) is 9.59 Å². The third kappa shape index (κ3) is 3.99. The molecule has 0 spiro atoms. The van der Waals surface area contributed by atoms with Gasteiger partial charge in [0.15, 0.2) is 0 Å². The number of ether oxygens (including phenoxy) is 2. The molecule has 22 heavy (non-hydrogen) atoms. The second-order valence-corrected chi connectivity index (χ2v) is 4.37. The summed E-state index contributed by atoms with van der Waals surface area (Å²) < 4.78 is 10.1. The quantitative estimate of drug-likeness (QED) is 0.849. The lowest BCUT2D eigenvalue weighted by Crippen LogP contribution is -2.29. The van der Waals surface area contributed by atoms with Crippen LogP contribution < -0.4 is 20.1 Å². The first-order chi connectivity index (χ1) is 10.6. The third-order valence-electron chi connectivity index (χ3n) is 2.86. The van der Waals surface area contributed by atoms with Crippen molar-refractivity contribution >= 4 is 23.2 Å². The maximum atomic E-state index is 11.9. The van der Waals surface area contributed by atoms with Gasteiger partial charge in [0.1, 0.15) is 11.5 Å². The molecular weight excluding hydrogens is 284 g/mol. The summed E-state index contributed by atoms with van der Waals surface area (Å²) in [7, 11) is 3.05. The minimum Gasteiger partial charge on any atom is -0.497 e. The lowest BCUT2D eigenvalue weighted by atomic mass is 10.3. The number of amides is 2. The number of hydrogen-bond acceptors (Lipinski definition) is 4. The van der Waals surface area contributed by atoms with Crippen LogP contribution in [0, 0.1) is 0 Å². The Labute approximate surface area is 128 Å². The van der Waals surface area contributed by atoms with E-state index in [4.69, 9.17) is 9.47 Å². The topological polar surface area (TPSA) is 76.7 Å². The lowest BCUT2D eigenvalue weighted by Gasteiger charge is -2.08. The normalized spacial score (nSPS) is 9.73. The summed E-state index contributed by atoms with van der Waals surface area (Å²) in [6.45, 7) is 0. The molecule has 0 radical (unpaired) electrons. The van der Waals surface area contributed by atoms with Gasteiger partial charge in [0.2, 0.25) is 0 Å². The summed E-state index contributed by atoms with van der Waals surface area (Å²) in [5, 5.41) is 5.01. The molecule has 6 heteroatoms. The number of carbonyl (C=O) groups is 2. The van der Waals surface area contributed by atoms with E-state index >= 15 is 0 Å². The molecule has 0 bridgehead atoms. The van der Waals surface area contributed by atoms with Gasteiger partial charge in [-0.05, 0) is 24.3 Å². The van der Waals surface area contributed by atoms with Crippen LogP contribution in [0.15, 0.2) is 48.5 Å². The molecule has 0 fully saturated rings. The number of anilines is 2. The number of nitrogens with one attached hydrogen (secondary N) is 2. The number of hydrogen-bond donors (Lipinski definition) is 2. The maximum absolute atomic E-state index is 11.9. The number of carbonyl (C=O) groups excluding carboxylic acids is 2. The molecule has 0 atom stereocenters. The van der Waals surface area contributed by atoms with Gasteiger partial charge in [-0.3, -0.25) is 9.59 Å². The molecule has 2 aromatic rings. The van der Waals surface area contributed by atoms with Gasteiger partial charge in [-0.2, -0.15) is 0 Å². The van der Waals surface area contributed by atoms with Crippen molar-refractivity contribution in [2.24, 2.45) is 0 Å². The van der Waals surface area contributed by atoms with E-state index in [1.807, 2.05) is 0 Å². The molecule has 0 aromatic heterocycles. The average molecular weight is 300 g/mol. The molecule has 2 amide bonds. The van der Waals surface area contributed by atoms with Gasteiger partial charge in [-0.25, -0.2) is 0 Å². The summed E-state index contributed by atoms with van der Waals surface area (Å²) in [4.78, 5) is 23.8. The lowest BCUT2D eigenvalue weighted by molar-refractivity contribution is -0.133. The predicted molar refractivity (Wildman–Crippen MR) is 83.2 cm³/mol. The van der Waals surface area contributed by atoms with Crippen LogP contribution in [0.5, 0.6) is 11.5 Å². The van der Waals surface area contributed by atoms with Crippen LogP contribution in [0.1, 0.15) is 0 Å². The minimum atomic E-state index is -0.768. The predicted octanol–water partition coefficient (Wildman–Crippen LogP) is 2.28. The van der Waals surface area contributed by atoms with Gasteiger partial charge >= 0.3 is 11.8 Å². The Bertz CT molecular complexity index is 626. The highest BCUT2D eigenvalue weighted by Crippen LogP contribution is 2.18. The fraction of sp³-hybridized carbons (Fsp3) is 0.125. The summed E-state index contributed by atoms with van der Waals surface area (Å²) in [6.07, 6.45) is 0. The van der Waals surface area contributed by atoms with E-state index < -0.39 is 11.8 Å². The van der Waals surface area contributed by atoms with E-state index in [1.54, 1.807) is 48.5 Å².